The molecule has 116 valence electrons. The number of amides is 2. The zero-order chi connectivity index (χ0) is 16.2. The van der Waals surface area contributed by atoms with Gasteiger partial charge in [-0.1, -0.05) is 18.2 Å². The van der Waals surface area contributed by atoms with Crippen LogP contribution in [-0.2, 0) is 10.0 Å². The number of anilines is 2. The smallest absolute Gasteiger partial charge is 0.333 e. The van der Waals surface area contributed by atoms with Crippen LogP contribution in [0.2, 0.25) is 0 Å². The lowest BCUT2D eigenvalue weighted by atomic mass is 10.2. The Kier molecular flexibility index (Phi) is 4.67. The fourth-order valence-electron chi connectivity index (χ4n) is 1.78. The largest absolute Gasteiger partial charge is 0.378 e. The maximum atomic E-state index is 12.0. The van der Waals surface area contributed by atoms with Crippen LogP contribution in [0.4, 0.5) is 16.2 Å². The van der Waals surface area contributed by atoms with Crippen LogP contribution in [0.5, 0.6) is 0 Å². The van der Waals surface area contributed by atoms with Crippen molar-refractivity contribution in [1.29, 1.82) is 0 Å². The van der Waals surface area contributed by atoms with E-state index in [-0.39, 0.29) is 4.90 Å². The van der Waals surface area contributed by atoms with Gasteiger partial charge >= 0.3 is 6.03 Å². The molecule has 0 unspecified atom stereocenters. The molecule has 0 saturated carbocycles. The highest BCUT2D eigenvalue weighted by atomic mass is 32.2. The maximum Gasteiger partial charge on any atom is 0.333 e. The van der Waals surface area contributed by atoms with E-state index in [0.29, 0.717) is 5.69 Å². The molecule has 0 radical (unpaired) electrons. The molecule has 0 aliphatic heterocycles. The molecule has 0 bridgehead atoms. The van der Waals surface area contributed by atoms with Crippen LogP contribution in [0.15, 0.2) is 59.5 Å². The number of hydrogen-bond acceptors (Lipinski definition) is 4. The van der Waals surface area contributed by atoms with Crippen molar-refractivity contribution in [3.63, 3.8) is 0 Å². The summed E-state index contributed by atoms with van der Waals surface area (Å²) in [5.74, 6) is 0. The average Bonchev–Trinajstić information content (AvgIpc) is 2.48. The van der Waals surface area contributed by atoms with E-state index >= 15 is 0 Å². The van der Waals surface area contributed by atoms with Crippen molar-refractivity contribution in [1.82, 2.24) is 4.72 Å². The fraction of sp³-hybridized carbons (Fsp3) is 0.133. The highest BCUT2D eigenvalue weighted by Crippen LogP contribution is 2.15. The molecule has 2 N–H and O–H groups in total. The second-order valence-electron chi connectivity index (χ2n) is 4.81. The lowest BCUT2D eigenvalue weighted by Crippen LogP contribution is -2.34. The number of rotatable bonds is 4. The van der Waals surface area contributed by atoms with E-state index in [1.807, 2.05) is 35.9 Å². The molecular weight excluding hydrogens is 302 g/mol. The summed E-state index contributed by atoms with van der Waals surface area (Å²) in [5, 5.41) is 2.49. The van der Waals surface area contributed by atoms with Crippen LogP contribution in [0.25, 0.3) is 0 Å². The summed E-state index contributed by atoms with van der Waals surface area (Å²) in [6, 6.07) is 13.9. The molecule has 6 nitrogen and oxygen atoms in total. The van der Waals surface area contributed by atoms with Crippen LogP contribution in [0.3, 0.4) is 0 Å². The Balaban J connectivity index is 2.04. The van der Waals surface area contributed by atoms with Gasteiger partial charge in [0.2, 0.25) is 0 Å². The van der Waals surface area contributed by atoms with Gasteiger partial charge in [-0.2, -0.15) is 0 Å². The van der Waals surface area contributed by atoms with Gasteiger partial charge in [0.05, 0.1) is 4.90 Å². The Morgan fingerprint density at radius 1 is 0.955 bits per heavy atom. The van der Waals surface area contributed by atoms with Crippen molar-refractivity contribution in [3.8, 4) is 0 Å². The van der Waals surface area contributed by atoms with Crippen LogP contribution < -0.4 is 14.9 Å². The quantitative estimate of drug-likeness (QED) is 0.906. The minimum atomic E-state index is -3.87. The second kappa shape index (κ2) is 6.48. The monoisotopic (exact) mass is 319 g/mol. The third-order valence-corrected chi connectivity index (χ3v) is 4.27. The van der Waals surface area contributed by atoms with Gasteiger partial charge in [-0.25, -0.2) is 17.9 Å². The van der Waals surface area contributed by atoms with Crippen molar-refractivity contribution in [3.05, 3.63) is 54.6 Å². The van der Waals surface area contributed by atoms with Crippen molar-refractivity contribution in [2.75, 3.05) is 24.3 Å². The van der Waals surface area contributed by atoms with E-state index < -0.39 is 16.1 Å². The Morgan fingerprint density at radius 2 is 1.55 bits per heavy atom. The second-order valence-corrected chi connectivity index (χ2v) is 6.50. The number of carbonyl (C=O) groups excluding carboxylic acids is 1. The Hall–Kier alpha value is -2.54. The minimum absolute atomic E-state index is 0.0353. The lowest BCUT2D eigenvalue weighted by molar-refractivity contribution is 0.256. The molecular formula is C15H17N3O3S. The van der Waals surface area contributed by atoms with Crippen LogP contribution in [0.1, 0.15) is 0 Å². The van der Waals surface area contributed by atoms with Gasteiger partial charge in [0.15, 0.2) is 0 Å². The number of carbonyl (C=O) groups is 1. The first-order chi connectivity index (χ1) is 10.4. The molecule has 2 rings (SSSR count). The Labute approximate surface area is 129 Å². The number of benzene rings is 2. The molecule has 0 saturated heterocycles. The molecule has 0 aromatic heterocycles. The molecule has 0 aliphatic carbocycles. The zero-order valence-electron chi connectivity index (χ0n) is 12.3. The van der Waals surface area contributed by atoms with Gasteiger partial charge in [0.25, 0.3) is 10.0 Å². The molecule has 0 aliphatic rings. The molecule has 0 heterocycles. The predicted molar refractivity (Wildman–Crippen MR) is 86.6 cm³/mol. The van der Waals surface area contributed by atoms with Crippen molar-refractivity contribution in [2.45, 2.75) is 4.90 Å². The van der Waals surface area contributed by atoms with Crippen molar-refractivity contribution < 1.29 is 13.2 Å². The van der Waals surface area contributed by atoms with E-state index in [0.717, 1.165) is 5.69 Å². The molecule has 7 heteroatoms. The van der Waals surface area contributed by atoms with E-state index in [9.17, 15) is 13.2 Å². The summed E-state index contributed by atoms with van der Waals surface area (Å²) < 4.78 is 26.0. The number of urea groups is 1. The molecule has 2 aromatic rings. The van der Waals surface area contributed by atoms with Gasteiger partial charge in [0.1, 0.15) is 0 Å². The third-order valence-electron chi connectivity index (χ3n) is 2.92. The Bertz CT molecular complexity index is 741. The number of nitrogens with one attached hydrogen (secondary N) is 2. The van der Waals surface area contributed by atoms with Gasteiger partial charge in [-0.15, -0.1) is 0 Å². The standard InChI is InChI=1S/C15H17N3O3S/c1-18(2)13-10-8-12(9-11-13)16-15(19)17-22(20,21)14-6-4-3-5-7-14/h3-11H,1-2H3,(H2,16,17,19). The first kappa shape index (κ1) is 15.8. The van der Waals surface area contributed by atoms with Crippen molar-refractivity contribution >= 4 is 27.4 Å². The summed E-state index contributed by atoms with van der Waals surface area (Å²) in [7, 11) is -0.0628. The van der Waals surface area contributed by atoms with E-state index in [2.05, 4.69) is 5.32 Å². The number of hydrogen-bond donors (Lipinski definition) is 2. The molecule has 22 heavy (non-hydrogen) atoms. The third kappa shape index (κ3) is 3.98. The summed E-state index contributed by atoms with van der Waals surface area (Å²) in [4.78, 5) is 13.8. The highest BCUT2D eigenvalue weighted by Gasteiger charge is 2.16. The highest BCUT2D eigenvalue weighted by molar-refractivity contribution is 7.90. The topological polar surface area (TPSA) is 78.5 Å². The maximum absolute atomic E-state index is 12.0. The molecule has 2 amide bonds. The van der Waals surface area contributed by atoms with E-state index in [4.69, 9.17) is 0 Å². The summed E-state index contributed by atoms with van der Waals surface area (Å²) in [6.07, 6.45) is 0. The molecule has 0 atom stereocenters. The first-order valence-corrected chi connectivity index (χ1v) is 8.03. The number of nitrogens with zero attached hydrogens (tertiary/aromatic N) is 1. The van der Waals surface area contributed by atoms with E-state index in [1.165, 1.54) is 12.1 Å². The summed E-state index contributed by atoms with van der Waals surface area (Å²) in [5.41, 5.74) is 1.48. The SMILES string of the molecule is CN(C)c1ccc(NC(=O)NS(=O)(=O)c2ccccc2)cc1. The van der Waals surface area contributed by atoms with Gasteiger partial charge in [0, 0.05) is 25.5 Å². The minimum Gasteiger partial charge on any atom is -0.378 e. The van der Waals surface area contributed by atoms with Gasteiger partial charge < -0.3 is 10.2 Å². The summed E-state index contributed by atoms with van der Waals surface area (Å²) >= 11 is 0. The average molecular weight is 319 g/mol. The molecule has 0 fully saturated rings. The molecule has 2 aromatic carbocycles. The predicted octanol–water partition coefficient (Wildman–Crippen LogP) is 2.26. The van der Waals surface area contributed by atoms with Gasteiger partial charge in [-0.05, 0) is 36.4 Å². The number of sulfonamides is 1. The first-order valence-electron chi connectivity index (χ1n) is 6.55. The fourth-order valence-corrected chi connectivity index (χ4v) is 2.71. The lowest BCUT2D eigenvalue weighted by Gasteiger charge is -2.13. The molecule has 0 spiro atoms. The normalized spacial score (nSPS) is 10.8. The van der Waals surface area contributed by atoms with Crippen molar-refractivity contribution in [2.24, 2.45) is 0 Å². The zero-order valence-corrected chi connectivity index (χ0v) is 13.1. The summed E-state index contributed by atoms with van der Waals surface area (Å²) in [6.45, 7) is 0. The van der Waals surface area contributed by atoms with Crippen LogP contribution in [-0.4, -0.2) is 28.5 Å². The van der Waals surface area contributed by atoms with Gasteiger partial charge in [-0.3, -0.25) is 0 Å². The van der Waals surface area contributed by atoms with Crippen LogP contribution >= 0.6 is 0 Å². The Morgan fingerprint density at radius 3 is 2.09 bits per heavy atom. The van der Waals surface area contributed by atoms with Crippen LogP contribution in [0, 0.1) is 0 Å². The van der Waals surface area contributed by atoms with E-state index in [1.54, 1.807) is 30.3 Å².